The Kier molecular flexibility index (Phi) is 3.33. The summed E-state index contributed by atoms with van der Waals surface area (Å²) in [6.07, 6.45) is 6.91. The van der Waals surface area contributed by atoms with Crippen LogP contribution in [0.15, 0.2) is 84.5 Å². The Morgan fingerprint density at radius 3 is 1.74 bits per heavy atom. The van der Waals surface area contributed by atoms with Gasteiger partial charge in [-0.2, -0.15) is 0 Å². The lowest BCUT2D eigenvalue weighted by atomic mass is 9.81. The quantitative estimate of drug-likeness (QED) is 0.718. The van der Waals surface area contributed by atoms with Gasteiger partial charge in [-0.15, -0.1) is 0 Å². The molecule has 19 heavy (non-hydrogen) atoms. The molecule has 2 aromatic rings. The SMILES string of the molecule is CC1=CC(C(c2ccccc2)c2ccccc2)C=C1. The van der Waals surface area contributed by atoms with Gasteiger partial charge in [-0.1, -0.05) is 84.5 Å². The highest BCUT2D eigenvalue weighted by Gasteiger charge is 2.23. The molecule has 0 saturated carbocycles. The number of hydrogen-bond donors (Lipinski definition) is 0. The first-order valence-electron chi connectivity index (χ1n) is 6.81. The fourth-order valence-electron chi connectivity index (χ4n) is 2.84. The molecule has 0 heterocycles. The van der Waals surface area contributed by atoms with Crippen molar-refractivity contribution in [2.45, 2.75) is 12.8 Å². The molecule has 0 amide bonds. The predicted molar refractivity (Wildman–Crippen MR) is 81.1 cm³/mol. The van der Waals surface area contributed by atoms with Gasteiger partial charge in [0.15, 0.2) is 0 Å². The van der Waals surface area contributed by atoms with Crippen LogP contribution in [0.4, 0.5) is 0 Å². The minimum absolute atomic E-state index is 0.413. The number of allylic oxidation sites excluding steroid dienone is 4. The van der Waals surface area contributed by atoms with Crippen LogP contribution in [0.2, 0.25) is 0 Å². The van der Waals surface area contributed by atoms with Crippen molar-refractivity contribution in [2.75, 3.05) is 0 Å². The average Bonchev–Trinajstić information content (AvgIpc) is 2.88. The summed E-state index contributed by atoms with van der Waals surface area (Å²) in [6, 6.07) is 21.6. The Hall–Kier alpha value is -2.08. The summed E-state index contributed by atoms with van der Waals surface area (Å²) in [5.41, 5.74) is 4.13. The Morgan fingerprint density at radius 2 is 1.32 bits per heavy atom. The maximum Gasteiger partial charge on any atom is 0.0187 e. The molecule has 3 rings (SSSR count). The summed E-state index contributed by atoms with van der Waals surface area (Å²) < 4.78 is 0. The molecule has 0 aromatic heterocycles. The van der Waals surface area contributed by atoms with Crippen molar-refractivity contribution in [3.05, 3.63) is 95.6 Å². The largest absolute Gasteiger partial charge is 0.0764 e. The van der Waals surface area contributed by atoms with E-state index in [1.54, 1.807) is 0 Å². The molecule has 1 atom stereocenters. The summed E-state index contributed by atoms with van der Waals surface area (Å²) in [5.74, 6) is 0.876. The number of rotatable bonds is 3. The van der Waals surface area contributed by atoms with Gasteiger partial charge in [-0.05, 0) is 18.1 Å². The third-order valence-electron chi connectivity index (χ3n) is 3.74. The molecule has 1 unspecified atom stereocenters. The van der Waals surface area contributed by atoms with Gasteiger partial charge >= 0.3 is 0 Å². The molecule has 0 spiro atoms. The van der Waals surface area contributed by atoms with E-state index in [4.69, 9.17) is 0 Å². The maximum absolute atomic E-state index is 2.37. The summed E-state index contributed by atoms with van der Waals surface area (Å²) >= 11 is 0. The Bertz CT molecular complexity index is 551. The van der Waals surface area contributed by atoms with E-state index in [2.05, 4.69) is 85.8 Å². The highest BCUT2D eigenvalue weighted by atomic mass is 14.3. The Labute approximate surface area is 115 Å². The first-order chi connectivity index (χ1) is 9.34. The van der Waals surface area contributed by atoms with E-state index >= 15 is 0 Å². The van der Waals surface area contributed by atoms with E-state index in [0.29, 0.717) is 11.8 Å². The van der Waals surface area contributed by atoms with Crippen LogP contribution in [-0.4, -0.2) is 0 Å². The molecule has 94 valence electrons. The standard InChI is InChI=1S/C19H18/c1-15-12-13-18(14-15)19(16-8-4-2-5-9-16)17-10-6-3-7-11-17/h2-14,18-19H,1H3. The molecule has 0 N–H and O–H groups in total. The van der Waals surface area contributed by atoms with Gasteiger partial charge in [0.1, 0.15) is 0 Å². The van der Waals surface area contributed by atoms with Gasteiger partial charge in [0, 0.05) is 11.8 Å². The van der Waals surface area contributed by atoms with Crippen LogP contribution in [0.25, 0.3) is 0 Å². The van der Waals surface area contributed by atoms with Crippen LogP contribution >= 0.6 is 0 Å². The normalized spacial score (nSPS) is 17.8. The van der Waals surface area contributed by atoms with E-state index in [0.717, 1.165) is 0 Å². The molecule has 0 fully saturated rings. The minimum atomic E-state index is 0.413. The van der Waals surface area contributed by atoms with Crippen LogP contribution in [0.3, 0.4) is 0 Å². The van der Waals surface area contributed by atoms with Gasteiger partial charge in [-0.3, -0.25) is 0 Å². The smallest absolute Gasteiger partial charge is 0.0187 e. The van der Waals surface area contributed by atoms with Crippen LogP contribution in [-0.2, 0) is 0 Å². The van der Waals surface area contributed by atoms with E-state index in [9.17, 15) is 0 Å². The molecule has 0 radical (unpaired) electrons. The maximum atomic E-state index is 2.37. The van der Waals surface area contributed by atoms with Crippen molar-refractivity contribution in [1.82, 2.24) is 0 Å². The van der Waals surface area contributed by atoms with Crippen molar-refractivity contribution < 1.29 is 0 Å². The lowest BCUT2D eigenvalue weighted by Crippen LogP contribution is -2.09. The summed E-state index contributed by atoms with van der Waals surface area (Å²) in [4.78, 5) is 0. The Morgan fingerprint density at radius 1 is 0.789 bits per heavy atom. The second-order valence-electron chi connectivity index (χ2n) is 5.15. The van der Waals surface area contributed by atoms with Crippen molar-refractivity contribution in [2.24, 2.45) is 5.92 Å². The molecular weight excluding hydrogens is 228 g/mol. The molecule has 0 aliphatic heterocycles. The summed E-state index contributed by atoms with van der Waals surface area (Å²) in [6.45, 7) is 2.17. The molecule has 1 aliphatic rings. The van der Waals surface area contributed by atoms with Crippen molar-refractivity contribution in [3.63, 3.8) is 0 Å². The third kappa shape index (κ3) is 2.53. The minimum Gasteiger partial charge on any atom is -0.0764 e. The zero-order chi connectivity index (χ0) is 13.1. The fourth-order valence-corrected chi connectivity index (χ4v) is 2.84. The van der Waals surface area contributed by atoms with E-state index in [-0.39, 0.29) is 0 Å². The van der Waals surface area contributed by atoms with Gasteiger partial charge in [-0.25, -0.2) is 0 Å². The molecule has 1 aliphatic carbocycles. The highest BCUT2D eigenvalue weighted by molar-refractivity contribution is 5.40. The van der Waals surface area contributed by atoms with Crippen molar-refractivity contribution >= 4 is 0 Å². The molecule has 0 nitrogen and oxygen atoms in total. The van der Waals surface area contributed by atoms with Crippen molar-refractivity contribution in [3.8, 4) is 0 Å². The molecule has 0 heteroatoms. The Balaban J connectivity index is 2.05. The van der Waals surface area contributed by atoms with Crippen LogP contribution in [0.5, 0.6) is 0 Å². The first kappa shape index (κ1) is 12.0. The van der Waals surface area contributed by atoms with Crippen LogP contribution in [0.1, 0.15) is 24.0 Å². The van der Waals surface area contributed by atoms with Gasteiger partial charge in [0.2, 0.25) is 0 Å². The molecule has 2 aromatic carbocycles. The average molecular weight is 246 g/mol. The fraction of sp³-hybridized carbons (Fsp3) is 0.158. The summed E-state index contributed by atoms with van der Waals surface area (Å²) in [5, 5.41) is 0. The number of benzene rings is 2. The lowest BCUT2D eigenvalue weighted by Gasteiger charge is -2.22. The van der Waals surface area contributed by atoms with E-state index < -0.39 is 0 Å². The number of hydrogen-bond acceptors (Lipinski definition) is 0. The summed E-state index contributed by atoms with van der Waals surface area (Å²) in [7, 11) is 0. The van der Waals surface area contributed by atoms with Crippen molar-refractivity contribution in [1.29, 1.82) is 0 Å². The zero-order valence-electron chi connectivity index (χ0n) is 11.2. The zero-order valence-corrected chi connectivity index (χ0v) is 11.2. The third-order valence-corrected chi connectivity index (χ3v) is 3.74. The van der Waals surface area contributed by atoms with E-state index in [1.807, 2.05) is 0 Å². The molecule has 0 bridgehead atoms. The van der Waals surface area contributed by atoms with Gasteiger partial charge in [0.05, 0.1) is 0 Å². The lowest BCUT2D eigenvalue weighted by molar-refractivity contribution is 0.691. The first-order valence-corrected chi connectivity index (χ1v) is 6.81. The second-order valence-corrected chi connectivity index (χ2v) is 5.15. The monoisotopic (exact) mass is 246 g/mol. The van der Waals surface area contributed by atoms with Gasteiger partial charge < -0.3 is 0 Å². The van der Waals surface area contributed by atoms with Crippen LogP contribution in [0, 0.1) is 5.92 Å². The molecule has 0 saturated heterocycles. The van der Waals surface area contributed by atoms with E-state index in [1.165, 1.54) is 16.7 Å². The van der Waals surface area contributed by atoms with Gasteiger partial charge in [0.25, 0.3) is 0 Å². The predicted octanol–water partition coefficient (Wildman–Crippen LogP) is 4.95. The highest BCUT2D eigenvalue weighted by Crippen LogP contribution is 2.36. The van der Waals surface area contributed by atoms with Crippen LogP contribution < -0.4 is 0 Å². The molecular formula is C19H18. The second kappa shape index (κ2) is 5.27. The topological polar surface area (TPSA) is 0 Å².